The number of fused-ring (bicyclic) bond motifs is 1. The van der Waals surface area contributed by atoms with Crippen molar-refractivity contribution in [2.75, 3.05) is 7.05 Å². The lowest BCUT2D eigenvalue weighted by molar-refractivity contribution is -0.146. The topological polar surface area (TPSA) is 60.9 Å². The Balaban J connectivity index is 2.23. The summed E-state index contributed by atoms with van der Waals surface area (Å²) >= 11 is 0. The molecular weight excluding hydrogens is 268 g/mol. The lowest BCUT2D eigenvalue weighted by atomic mass is 9.76. The van der Waals surface area contributed by atoms with Crippen LogP contribution in [0.1, 0.15) is 58.8 Å². The van der Waals surface area contributed by atoms with E-state index in [0.29, 0.717) is 12.3 Å². The summed E-state index contributed by atoms with van der Waals surface area (Å²) in [6.07, 6.45) is 6.81. The first-order valence-electron chi connectivity index (χ1n) is 8.25. The molecule has 21 heavy (non-hydrogen) atoms. The number of piperidine rings is 1. The highest BCUT2D eigenvalue weighted by Gasteiger charge is 2.44. The Labute approximate surface area is 127 Å². The minimum Gasteiger partial charge on any atom is -0.480 e. The first-order valence-corrected chi connectivity index (χ1v) is 8.25. The molecule has 0 bridgehead atoms. The van der Waals surface area contributed by atoms with E-state index in [9.17, 15) is 14.7 Å². The van der Waals surface area contributed by atoms with Gasteiger partial charge in [0.05, 0.1) is 0 Å². The number of carbonyl (C=O) groups is 2. The van der Waals surface area contributed by atoms with Gasteiger partial charge in [0, 0.05) is 19.1 Å². The zero-order valence-corrected chi connectivity index (χ0v) is 13.4. The molecule has 2 rings (SSSR count). The van der Waals surface area contributed by atoms with Crippen molar-refractivity contribution in [3.05, 3.63) is 0 Å². The van der Waals surface area contributed by atoms with Gasteiger partial charge in [-0.15, -0.1) is 0 Å². The van der Waals surface area contributed by atoms with Gasteiger partial charge in [-0.05, 0) is 44.9 Å². The van der Waals surface area contributed by atoms with Gasteiger partial charge in [0.2, 0.25) is 0 Å². The molecule has 1 heterocycles. The molecule has 0 spiro atoms. The van der Waals surface area contributed by atoms with E-state index < -0.39 is 12.0 Å². The number of hydrogen-bond acceptors (Lipinski definition) is 2. The predicted molar refractivity (Wildman–Crippen MR) is 81.2 cm³/mol. The van der Waals surface area contributed by atoms with Crippen LogP contribution in [0, 0.1) is 5.92 Å². The third-order valence-corrected chi connectivity index (χ3v) is 5.43. The van der Waals surface area contributed by atoms with Crippen LogP contribution >= 0.6 is 0 Å². The summed E-state index contributed by atoms with van der Waals surface area (Å²) in [4.78, 5) is 27.9. The average Bonchev–Trinajstić information content (AvgIpc) is 2.51. The van der Waals surface area contributed by atoms with E-state index in [1.54, 1.807) is 16.8 Å². The van der Waals surface area contributed by atoms with Crippen LogP contribution in [0.25, 0.3) is 0 Å². The number of amides is 2. The summed E-state index contributed by atoms with van der Waals surface area (Å²) < 4.78 is 0. The van der Waals surface area contributed by atoms with Crippen molar-refractivity contribution in [2.24, 2.45) is 5.92 Å². The summed E-state index contributed by atoms with van der Waals surface area (Å²) in [7, 11) is 1.79. The monoisotopic (exact) mass is 296 g/mol. The van der Waals surface area contributed by atoms with Crippen LogP contribution in [0.5, 0.6) is 0 Å². The maximum absolute atomic E-state index is 12.9. The van der Waals surface area contributed by atoms with E-state index in [0.717, 1.165) is 32.1 Å². The number of carboxylic acids is 1. The van der Waals surface area contributed by atoms with Crippen molar-refractivity contribution >= 4 is 12.0 Å². The van der Waals surface area contributed by atoms with Crippen molar-refractivity contribution in [1.29, 1.82) is 0 Å². The number of nitrogens with zero attached hydrogens (tertiary/aromatic N) is 2. The third kappa shape index (κ3) is 3.16. The van der Waals surface area contributed by atoms with Crippen molar-refractivity contribution in [2.45, 2.75) is 76.9 Å². The number of aliphatic carboxylic acids is 1. The molecule has 1 N–H and O–H groups in total. The Morgan fingerprint density at radius 1 is 1.24 bits per heavy atom. The third-order valence-electron chi connectivity index (χ3n) is 5.43. The Morgan fingerprint density at radius 2 is 1.90 bits per heavy atom. The van der Waals surface area contributed by atoms with Crippen molar-refractivity contribution in [3.63, 3.8) is 0 Å². The summed E-state index contributed by atoms with van der Waals surface area (Å²) in [6.45, 7) is 4.05. The van der Waals surface area contributed by atoms with Crippen molar-refractivity contribution in [1.82, 2.24) is 9.80 Å². The molecule has 2 fully saturated rings. The molecular formula is C16H28N2O3. The SMILES string of the molecule is CCC(C)N(C)C(=O)N1C(C(=O)O)CCC2CCCCC21. The highest BCUT2D eigenvalue weighted by atomic mass is 16.4. The molecule has 0 aromatic heterocycles. The van der Waals surface area contributed by atoms with E-state index in [1.807, 2.05) is 13.8 Å². The maximum Gasteiger partial charge on any atom is 0.326 e. The highest BCUT2D eigenvalue weighted by molar-refractivity contribution is 5.83. The van der Waals surface area contributed by atoms with Crippen molar-refractivity contribution in [3.8, 4) is 0 Å². The normalized spacial score (nSPS) is 30.4. The van der Waals surface area contributed by atoms with Gasteiger partial charge in [-0.2, -0.15) is 0 Å². The molecule has 0 aromatic rings. The largest absolute Gasteiger partial charge is 0.480 e. The Kier molecular flexibility index (Phi) is 5.12. The maximum atomic E-state index is 12.9. The minimum atomic E-state index is -0.857. The van der Waals surface area contributed by atoms with Crippen LogP contribution in [0.3, 0.4) is 0 Å². The number of urea groups is 1. The fraction of sp³-hybridized carbons (Fsp3) is 0.875. The molecule has 2 amide bonds. The van der Waals surface area contributed by atoms with E-state index in [2.05, 4.69) is 0 Å². The smallest absolute Gasteiger partial charge is 0.326 e. The Hall–Kier alpha value is -1.26. The van der Waals surface area contributed by atoms with Gasteiger partial charge in [0.15, 0.2) is 0 Å². The van der Waals surface area contributed by atoms with E-state index in [1.165, 1.54) is 6.42 Å². The molecule has 120 valence electrons. The quantitative estimate of drug-likeness (QED) is 0.871. The zero-order chi connectivity index (χ0) is 15.6. The van der Waals surface area contributed by atoms with Crippen LogP contribution in [0.2, 0.25) is 0 Å². The van der Waals surface area contributed by atoms with Crippen LogP contribution in [-0.2, 0) is 4.79 Å². The molecule has 0 aromatic carbocycles. The van der Waals surface area contributed by atoms with Gasteiger partial charge in [-0.1, -0.05) is 19.8 Å². The standard InChI is InChI=1S/C16H28N2O3/c1-4-11(2)17(3)16(21)18-13-8-6-5-7-12(13)9-10-14(18)15(19)20/h11-14H,4-10H2,1-3H3,(H,19,20). The molecule has 4 atom stereocenters. The van der Waals surface area contributed by atoms with Gasteiger partial charge < -0.3 is 14.9 Å². The highest BCUT2D eigenvalue weighted by Crippen LogP contribution is 2.38. The second-order valence-electron chi connectivity index (χ2n) is 6.60. The van der Waals surface area contributed by atoms with E-state index in [4.69, 9.17) is 0 Å². The van der Waals surface area contributed by atoms with Crippen LogP contribution in [0.15, 0.2) is 0 Å². The van der Waals surface area contributed by atoms with Gasteiger partial charge in [0.25, 0.3) is 0 Å². The summed E-state index contributed by atoms with van der Waals surface area (Å²) in [5.74, 6) is -0.367. The number of hydrogen-bond donors (Lipinski definition) is 1. The molecule has 1 saturated carbocycles. The summed E-state index contributed by atoms with van der Waals surface area (Å²) in [5, 5.41) is 9.51. The molecule has 0 radical (unpaired) electrons. The number of carbonyl (C=O) groups excluding carboxylic acids is 1. The molecule has 5 heteroatoms. The molecule has 5 nitrogen and oxygen atoms in total. The molecule has 4 unspecified atom stereocenters. The summed E-state index contributed by atoms with van der Waals surface area (Å²) in [5.41, 5.74) is 0. The molecule has 1 aliphatic carbocycles. The number of likely N-dealkylation sites (tertiary alicyclic amines) is 1. The molecule has 1 saturated heterocycles. The van der Waals surface area contributed by atoms with E-state index in [-0.39, 0.29) is 18.1 Å². The number of rotatable bonds is 3. The van der Waals surface area contributed by atoms with Gasteiger partial charge in [-0.3, -0.25) is 0 Å². The van der Waals surface area contributed by atoms with Crippen LogP contribution < -0.4 is 0 Å². The van der Waals surface area contributed by atoms with Gasteiger partial charge in [-0.25, -0.2) is 9.59 Å². The first kappa shape index (κ1) is 16.1. The predicted octanol–water partition coefficient (Wildman–Crippen LogP) is 2.94. The van der Waals surface area contributed by atoms with Crippen LogP contribution in [-0.4, -0.2) is 52.1 Å². The lowest BCUT2D eigenvalue weighted by Crippen LogP contribution is -2.60. The minimum absolute atomic E-state index is 0.103. The molecule has 2 aliphatic rings. The Morgan fingerprint density at radius 3 is 2.52 bits per heavy atom. The summed E-state index contributed by atoms with van der Waals surface area (Å²) in [6, 6.07) is -0.500. The number of carboxylic acid groups (broad SMARTS) is 1. The van der Waals surface area contributed by atoms with Crippen molar-refractivity contribution < 1.29 is 14.7 Å². The Bertz CT molecular complexity index is 399. The van der Waals surface area contributed by atoms with Crippen LogP contribution in [0.4, 0.5) is 4.79 Å². The fourth-order valence-corrected chi connectivity index (χ4v) is 3.80. The second kappa shape index (κ2) is 6.67. The second-order valence-corrected chi connectivity index (χ2v) is 6.60. The van der Waals surface area contributed by atoms with Gasteiger partial charge >= 0.3 is 12.0 Å². The first-order chi connectivity index (χ1) is 9.97. The lowest BCUT2D eigenvalue weighted by Gasteiger charge is -2.48. The average molecular weight is 296 g/mol. The fourth-order valence-electron chi connectivity index (χ4n) is 3.80. The molecule has 1 aliphatic heterocycles. The van der Waals surface area contributed by atoms with Gasteiger partial charge in [0.1, 0.15) is 6.04 Å². The van der Waals surface area contributed by atoms with E-state index >= 15 is 0 Å². The zero-order valence-electron chi connectivity index (χ0n) is 13.4.